The number of H-pyrrole nitrogens is 1. The third-order valence-corrected chi connectivity index (χ3v) is 4.60. The molecule has 148 valence electrons. The van der Waals surface area contributed by atoms with Crippen LogP contribution >= 0.6 is 11.6 Å². The summed E-state index contributed by atoms with van der Waals surface area (Å²) in [6.07, 6.45) is -1.59. The van der Waals surface area contributed by atoms with Crippen LogP contribution in [0.2, 0.25) is 5.02 Å². The van der Waals surface area contributed by atoms with Gasteiger partial charge in [-0.15, -0.1) is 0 Å². The number of halogens is 4. The van der Waals surface area contributed by atoms with Gasteiger partial charge in [-0.25, -0.2) is 0 Å². The van der Waals surface area contributed by atoms with Crippen molar-refractivity contribution in [3.8, 4) is 5.75 Å². The highest BCUT2D eigenvalue weighted by Crippen LogP contribution is 2.27. The number of aromatic amines is 1. The summed E-state index contributed by atoms with van der Waals surface area (Å²) in [7, 11) is 1.63. The van der Waals surface area contributed by atoms with Gasteiger partial charge in [0.15, 0.2) is 6.61 Å². The molecule has 1 N–H and O–H groups in total. The lowest BCUT2D eigenvalue weighted by Gasteiger charge is -2.24. The maximum absolute atomic E-state index is 12.9. The zero-order chi connectivity index (χ0) is 20.5. The normalized spacial score (nSPS) is 12.8. The summed E-state index contributed by atoms with van der Waals surface area (Å²) >= 11 is 6.03. The van der Waals surface area contributed by atoms with E-state index in [1.54, 1.807) is 38.4 Å². The molecule has 3 rings (SSSR count). The standard InChI is InChI=1S/C19H17ClF3N3O2/c1-11(16-6-4-13(8-24-16)28-10-19(21,22)23)26(2)18(27)15-9-25-17-5-3-12(20)7-14(15)17/h3-9,11,25H,10H2,1-2H3/t11-/m1/s1. The van der Waals surface area contributed by atoms with Crippen molar-refractivity contribution >= 4 is 28.4 Å². The van der Waals surface area contributed by atoms with Gasteiger partial charge < -0.3 is 14.6 Å². The predicted octanol–water partition coefficient (Wildman–Crippen LogP) is 4.99. The number of hydrogen-bond acceptors (Lipinski definition) is 3. The molecule has 0 saturated heterocycles. The van der Waals surface area contributed by atoms with Crippen molar-refractivity contribution in [1.82, 2.24) is 14.9 Å². The molecule has 0 aliphatic carbocycles. The van der Waals surface area contributed by atoms with Gasteiger partial charge in [-0.05, 0) is 37.3 Å². The van der Waals surface area contributed by atoms with Gasteiger partial charge in [0.05, 0.1) is 23.5 Å². The molecule has 0 aliphatic heterocycles. The number of benzene rings is 1. The van der Waals surface area contributed by atoms with Crippen LogP contribution in [0.4, 0.5) is 13.2 Å². The number of rotatable bonds is 5. The van der Waals surface area contributed by atoms with Crippen LogP contribution in [0.1, 0.15) is 29.0 Å². The van der Waals surface area contributed by atoms with E-state index in [-0.39, 0.29) is 11.7 Å². The molecule has 0 aliphatic rings. The van der Waals surface area contributed by atoms with E-state index in [1.165, 1.54) is 23.2 Å². The highest BCUT2D eigenvalue weighted by atomic mass is 35.5. The van der Waals surface area contributed by atoms with Gasteiger partial charge in [0.2, 0.25) is 0 Å². The Morgan fingerprint density at radius 3 is 2.71 bits per heavy atom. The Morgan fingerprint density at radius 2 is 2.07 bits per heavy atom. The van der Waals surface area contributed by atoms with E-state index in [2.05, 4.69) is 14.7 Å². The molecule has 3 aromatic rings. The summed E-state index contributed by atoms with van der Waals surface area (Å²) < 4.78 is 41.3. The van der Waals surface area contributed by atoms with Crippen molar-refractivity contribution in [3.63, 3.8) is 0 Å². The molecule has 5 nitrogen and oxygen atoms in total. The number of nitrogens with one attached hydrogen (secondary N) is 1. The summed E-state index contributed by atoms with van der Waals surface area (Å²) in [4.78, 5) is 21.6. The molecule has 0 unspecified atom stereocenters. The SMILES string of the molecule is C[C@H](c1ccc(OCC(F)(F)F)cn1)N(C)C(=O)c1c[nH]c2ccc(Cl)cc12. The maximum atomic E-state index is 12.9. The molecular weight excluding hydrogens is 395 g/mol. The number of carbonyl (C=O) groups is 1. The van der Waals surface area contributed by atoms with Gasteiger partial charge in [-0.1, -0.05) is 11.6 Å². The Balaban J connectivity index is 1.75. The molecule has 28 heavy (non-hydrogen) atoms. The van der Waals surface area contributed by atoms with E-state index in [0.29, 0.717) is 21.7 Å². The minimum Gasteiger partial charge on any atom is -0.483 e. The van der Waals surface area contributed by atoms with Crippen LogP contribution in [0.15, 0.2) is 42.7 Å². The summed E-state index contributed by atoms with van der Waals surface area (Å²) in [6, 6.07) is 7.75. The van der Waals surface area contributed by atoms with Crippen LogP contribution < -0.4 is 4.74 Å². The average Bonchev–Trinajstić information content (AvgIpc) is 3.07. The van der Waals surface area contributed by atoms with Crippen LogP contribution in [0.3, 0.4) is 0 Å². The van der Waals surface area contributed by atoms with Crippen LogP contribution in [0.25, 0.3) is 10.9 Å². The first-order chi connectivity index (χ1) is 13.2. The Bertz CT molecular complexity index is 986. The van der Waals surface area contributed by atoms with Crippen molar-refractivity contribution < 1.29 is 22.7 Å². The van der Waals surface area contributed by atoms with Crippen molar-refractivity contribution in [2.75, 3.05) is 13.7 Å². The fourth-order valence-corrected chi connectivity index (χ4v) is 2.90. The van der Waals surface area contributed by atoms with E-state index in [0.717, 1.165) is 5.52 Å². The van der Waals surface area contributed by atoms with Gasteiger partial charge in [0, 0.05) is 29.2 Å². The molecule has 0 spiro atoms. The Morgan fingerprint density at radius 1 is 1.32 bits per heavy atom. The Labute approximate surface area is 164 Å². The summed E-state index contributed by atoms with van der Waals surface area (Å²) in [5, 5.41) is 1.23. The van der Waals surface area contributed by atoms with Crippen LogP contribution in [0.5, 0.6) is 5.75 Å². The number of fused-ring (bicyclic) bond motifs is 1. The van der Waals surface area contributed by atoms with Crippen molar-refractivity contribution in [2.24, 2.45) is 0 Å². The van der Waals surface area contributed by atoms with Gasteiger partial charge in [0.25, 0.3) is 5.91 Å². The van der Waals surface area contributed by atoms with Crippen LogP contribution in [0, 0.1) is 0 Å². The lowest BCUT2D eigenvalue weighted by Crippen LogP contribution is -2.30. The molecule has 2 heterocycles. The largest absolute Gasteiger partial charge is 0.483 e. The molecule has 1 atom stereocenters. The second-order valence-electron chi connectivity index (χ2n) is 6.31. The average molecular weight is 412 g/mol. The summed E-state index contributed by atoms with van der Waals surface area (Å²) in [5.74, 6) is -0.228. The van der Waals surface area contributed by atoms with Gasteiger partial charge in [-0.2, -0.15) is 13.2 Å². The topological polar surface area (TPSA) is 58.2 Å². The van der Waals surface area contributed by atoms with Crippen LogP contribution in [-0.4, -0.2) is 40.6 Å². The quantitative estimate of drug-likeness (QED) is 0.643. The number of pyridine rings is 1. The third kappa shape index (κ3) is 4.39. The molecule has 9 heteroatoms. The molecular formula is C19H17ClF3N3O2. The zero-order valence-electron chi connectivity index (χ0n) is 15.0. The second kappa shape index (κ2) is 7.71. The summed E-state index contributed by atoms with van der Waals surface area (Å²) in [6.45, 7) is 0.392. The molecule has 2 aromatic heterocycles. The Kier molecular flexibility index (Phi) is 5.51. The highest BCUT2D eigenvalue weighted by molar-refractivity contribution is 6.31. The fourth-order valence-electron chi connectivity index (χ4n) is 2.72. The van der Waals surface area contributed by atoms with Gasteiger partial charge >= 0.3 is 6.18 Å². The van der Waals surface area contributed by atoms with E-state index in [1.807, 2.05) is 0 Å². The van der Waals surface area contributed by atoms with E-state index in [4.69, 9.17) is 11.6 Å². The third-order valence-electron chi connectivity index (χ3n) is 4.37. The van der Waals surface area contributed by atoms with Crippen LogP contribution in [-0.2, 0) is 0 Å². The maximum Gasteiger partial charge on any atom is 0.422 e. The molecule has 0 saturated carbocycles. The zero-order valence-corrected chi connectivity index (χ0v) is 15.8. The number of hydrogen-bond donors (Lipinski definition) is 1. The molecule has 0 bridgehead atoms. The number of nitrogens with zero attached hydrogens (tertiary/aromatic N) is 2. The lowest BCUT2D eigenvalue weighted by molar-refractivity contribution is -0.153. The number of amides is 1. The van der Waals surface area contributed by atoms with Crippen molar-refractivity contribution in [3.05, 3.63) is 59.0 Å². The number of carbonyl (C=O) groups excluding carboxylic acids is 1. The molecule has 0 fully saturated rings. The molecule has 1 amide bonds. The second-order valence-corrected chi connectivity index (χ2v) is 6.74. The minimum atomic E-state index is -4.42. The molecule has 1 aromatic carbocycles. The first-order valence-electron chi connectivity index (χ1n) is 8.35. The lowest BCUT2D eigenvalue weighted by atomic mass is 10.1. The number of ether oxygens (including phenoxy) is 1. The van der Waals surface area contributed by atoms with E-state index >= 15 is 0 Å². The number of alkyl halides is 3. The molecule has 0 radical (unpaired) electrons. The van der Waals surface area contributed by atoms with E-state index in [9.17, 15) is 18.0 Å². The smallest absolute Gasteiger partial charge is 0.422 e. The monoisotopic (exact) mass is 411 g/mol. The highest BCUT2D eigenvalue weighted by Gasteiger charge is 2.28. The van der Waals surface area contributed by atoms with E-state index < -0.39 is 18.8 Å². The first kappa shape index (κ1) is 20.0. The van der Waals surface area contributed by atoms with Gasteiger partial charge in [0.1, 0.15) is 5.75 Å². The number of aromatic nitrogens is 2. The Hall–Kier alpha value is -2.74. The van der Waals surface area contributed by atoms with Crippen molar-refractivity contribution in [1.29, 1.82) is 0 Å². The minimum absolute atomic E-state index is 0.00789. The first-order valence-corrected chi connectivity index (χ1v) is 8.73. The fraction of sp³-hybridized carbons (Fsp3) is 0.263. The van der Waals surface area contributed by atoms with Crippen molar-refractivity contribution in [2.45, 2.75) is 19.1 Å². The summed E-state index contributed by atoms with van der Waals surface area (Å²) in [5.41, 5.74) is 1.78. The predicted molar refractivity (Wildman–Crippen MR) is 99.6 cm³/mol. The van der Waals surface area contributed by atoms with Gasteiger partial charge in [-0.3, -0.25) is 9.78 Å².